The van der Waals surface area contributed by atoms with Crippen LogP contribution in [0, 0.1) is 0 Å². The van der Waals surface area contributed by atoms with E-state index in [0.29, 0.717) is 11.2 Å². The minimum atomic E-state index is -0.463. The Labute approximate surface area is 85.2 Å². The third kappa shape index (κ3) is 1.68. The topological polar surface area (TPSA) is 78.6 Å². The molecule has 2 rings (SSSR count). The minimum Gasteiger partial charge on any atom is -0.308 e. The molecule has 0 saturated carbocycles. The molecule has 0 radical (unpaired) electrons. The summed E-state index contributed by atoms with van der Waals surface area (Å²) >= 11 is 0. The van der Waals surface area contributed by atoms with E-state index in [4.69, 9.17) is 0 Å². The number of H-pyrrole nitrogens is 2. The van der Waals surface area contributed by atoms with Crippen molar-refractivity contribution in [2.24, 2.45) is 0 Å². The fourth-order valence-electron chi connectivity index (χ4n) is 1.46. The lowest BCUT2D eigenvalue weighted by atomic mass is 10.0. The van der Waals surface area contributed by atoms with Crippen LogP contribution in [0.4, 0.5) is 0 Å². The van der Waals surface area contributed by atoms with E-state index in [2.05, 4.69) is 15.0 Å². The first-order valence-corrected chi connectivity index (χ1v) is 4.70. The van der Waals surface area contributed by atoms with E-state index < -0.39 is 5.69 Å². The Bertz CT molecular complexity index is 610. The van der Waals surface area contributed by atoms with Crippen molar-refractivity contribution in [3.63, 3.8) is 0 Å². The van der Waals surface area contributed by atoms with Gasteiger partial charge in [-0.15, -0.1) is 0 Å². The third-order valence-electron chi connectivity index (χ3n) is 2.28. The molecular formula is C10H11N3O2. The molecule has 0 aliphatic carbocycles. The van der Waals surface area contributed by atoms with Crippen LogP contribution in [0.3, 0.4) is 0 Å². The fraction of sp³-hybridized carbons (Fsp3) is 0.300. The zero-order valence-electron chi connectivity index (χ0n) is 8.50. The SMILES string of the molecule is CC(C)c1cc2cnc(=O)[nH]c2[nH]c1=O. The van der Waals surface area contributed by atoms with Gasteiger partial charge in [-0.05, 0) is 12.0 Å². The first kappa shape index (κ1) is 9.64. The molecule has 0 saturated heterocycles. The second kappa shape index (κ2) is 3.34. The van der Waals surface area contributed by atoms with Crippen LogP contribution in [-0.4, -0.2) is 15.0 Å². The van der Waals surface area contributed by atoms with Gasteiger partial charge in [0.1, 0.15) is 5.65 Å². The highest BCUT2D eigenvalue weighted by Crippen LogP contribution is 2.12. The Balaban J connectivity index is 2.82. The van der Waals surface area contributed by atoms with E-state index in [0.717, 1.165) is 5.39 Å². The number of hydrogen-bond donors (Lipinski definition) is 2. The Morgan fingerprint density at radius 2 is 2.00 bits per heavy atom. The van der Waals surface area contributed by atoms with Gasteiger partial charge in [-0.1, -0.05) is 13.8 Å². The van der Waals surface area contributed by atoms with Gasteiger partial charge in [-0.25, -0.2) is 9.78 Å². The molecule has 0 bridgehead atoms. The Morgan fingerprint density at radius 1 is 1.27 bits per heavy atom. The number of rotatable bonds is 1. The summed E-state index contributed by atoms with van der Waals surface area (Å²) in [6.45, 7) is 3.88. The average Bonchev–Trinajstić information content (AvgIpc) is 2.15. The van der Waals surface area contributed by atoms with Crippen molar-refractivity contribution in [3.05, 3.63) is 38.7 Å². The molecule has 0 aromatic carbocycles. The molecule has 15 heavy (non-hydrogen) atoms. The molecule has 0 spiro atoms. The van der Waals surface area contributed by atoms with Crippen molar-refractivity contribution in [2.75, 3.05) is 0 Å². The molecule has 0 aliphatic heterocycles. The Morgan fingerprint density at radius 3 is 2.67 bits per heavy atom. The van der Waals surface area contributed by atoms with Crippen molar-refractivity contribution in [1.82, 2.24) is 15.0 Å². The molecule has 2 N–H and O–H groups in total. The number of nitrogens with one attached hydrogen (secondary N) is 2. The normalized spacial score (nSPS) is 11.1. The maximum absolute atomic E-state index is 11.6. The second-order valence-corrected chi connectivity index (χ2v) is 3.73. The number of nitrogens with zero attached hydrogens (tertiary/aromatic N) is 1. The van der Waals surface area contributed by atoms with Crippen LogP contribution >= 0.6 is 0 Å². The van der Waals surface area contributed by atoms with Crippen molar-refractivity contribution in [2.45, 2.75) is 19.8 Å². The quantitative estimate of drug-likeness (QED) is 0.720. The molecule has 0 amide bonds. The lowest BCUT2D eigenvalue weighted by Crippen LogP contribution is -2.17. The van der Waals surface area contributed by atoms with Gasteiger partial charge in [0.05, 0.1) is 0 Å². The maximum Gasteiger partial charge on any atom is 0.346 e. The lowest BCUT2D eigenvalue weighted by molar-refractivity contribution is 0.847. The number of fused-ring (bicyclic) bond motifs is 1. The standard InChI is InChI=1S/C10H11N3O2/c1-5(2)7-3-6-4-11-10(15)13-8(6)12-9(7)14/h3-5H,1-2H3,(H2,11,12,13,14,15). The van der Waals surface area contributed by atoms with E-state index in [1.807, 2.05) is 13.8 Å². The van der Waals surface area contributed by atoms with Crippen LogP contribution in [-0.2, 0) is 0 Å². The summed E-state index contributed by atoms with van der Waals surface area (Å²) in [6.07, 6.45) is 1.45. The summed E-state index contributed by atoms with van der Waals surface area (Å²) in [5.74, 6) is 0.144. The van der Waals surface area contributed by atoms with E-state index in [1.54, 1.807) is 6.07 Å². The third-order valence-corrected chi connectivity index (χ3v) is 2.28. The predicted octanol–water partition coefficient (Wildman–Crippen LogP) is 0.735. The minimum absolute atomic E-state index is 0.144. The van der Waals surface area contributed by atoms with Crippen LogP contribution in [0.1, 0.15) is 25.3 Å². The molecule has 0 fully saturated rings. The first-order chi connectivity index (χ1) is 7.08. The smallest absolute Gasteiger partial charge is 0.308 e. The second-order valence-electron chi connectivity index (χ2n) is 3.73. The Hall–Kier alpha value is -1.91. The fourth-order valence-corrected chi connectivity index (χ4v) is 1.46. The molecule has 0 aliphatic rings. The van der Waals surface area contributed by atoms with Gasteiger partial charge in [0, 0.05) is 17.1 Å². The largest absolute Gasteiger partial charge is 0.346 e. The van der Waals surface area contributed by atoms with Crippen molar-refractivity contribution in [1.29, 1.82) is 0 Å². The lowest BCUT2D eigenvalue weighted by Gasteiger charge is -2.04. The zero-order chi connectivity index (χ0) is 11.0. The highest BCUT2D eigenvalue weighted by atomic mass is 16.1. The molecule has 5 heteroatoms. The molecule has 2 aromatic heterocycles. The highest BCUT2D eigenvalue weighted by molar-refractivity contribution is 5.73. The molecule has 0 unspecified atom stereocenters. The van der Waals surface area contributed by atoms with E-state index in [-0.39, 0.29) is 11.5 Å². The van der Waals surface area contributed by atoms with Crippen LogP contribution < -0.4 is 11.2 Å². The van der Waals surface area contributed by atoms with E-state index in [9.17, 15) is 9.59 Å². The summed E-state index contributed by atoms with van der Waals surface area (Å²) in [6, 6.07) is 1.75. The van der Waals surface area contributed by atoms with E-state index in [1.165, 1.54) is 6.20 Å². The van der Waals surface area contributed by atoms with Crippen molar-refractivity contribution >= 4 is 11.0 Å². The van der Waals surface area contributed by atoms with Gasteiger partial charge in [0.2, 0.25) is 0 Å². The molecule has 0 atom stereocenters. The van der Waals surface area contributed by atoms with Gasteiger partial charge in [0.15, 0.2) is 0 Å². The average molecular weight is 205 g/mol. The molecule has 2 heterocycles. The summed E-state index contributed by atoms with van der Waals surface area (Å²) in [5.41, 5.74) is 0.482. The van der Waals surface area contributed by atoms with Crippen LogP contribution in [0.25, 0.3) is 11.0 Å². The van der Waals surface area contributed by atoms with E-state index >= 15 is 0 Å². The predicted molar refractivity (Wildman–Crippen MR) is 57.1 cm³/mol. The number of pyridine rings is 1. The zero-order valence-corrected chi connectivity index (χ0v) is 8.50. The van der Waals surface area contributed by atoms with Crippen molar-refractivity contribution in [3.8, 4) is 0 Å². The molecular weight excluding hydrogens is 194 g/mol. The number of aromatic amines is 2. The summed E-state index contributed by atoms with van der Waals surface area (Å²) < 4.78 is 0. The molecule has 2 aromatic rings. The van der Waals surface area contributed by atoms with Gasteiger partial charge >= 0.3 is 5.69 Å². The first-order valence-electron chi connectivity index (χ1n) is 4.70. The summed E-state index contributed by atoms with van der Waals surface area (Å²) in [5, 5.41) is 0.734. The van der Waals surface area contributed by atoms with Crippen LogP contribution in [0.15, 0.2) is 21.9 Å². The molecule has 78 valence electrons. The van der Waals surface area contributed by atoms with Gasteiger partial charge in [-0.2, -0.15) is 0 Å². The Kier molecular flexibility index (Phi) is 2.15. The highest BCUT2D eigenvalue weighted by Gasteiger charge is 2.06. The maximum atomic E-state index is 11.6. The van der Waals surface area contributed by atoms with Gasteiger partial charge in [-0.3, -0.25) is 9.78 Å². The van der Waals surface area contributed by atoms with Gasteiger partial charge in [0.25, 0.3) is 5.56 Å². The van der Waals surface area contributed by atoms with Crippen molar-refractivity contribution < 1.29 is 0 Å². The number of hydrogen-bond acceptors (Lipinski definition) is 3. The summed E-state index contributed by atoms with van der Waals surface area (Å²) in [4.78, 5) is 31.2. The number of aromatic nitrogens is 3. The van der Waals surface area contributed by atoms with Crippen LogP contribution in [0.5, 0.6) is 0 Å². The summed E-state index contributed by atoms with van der Waals surface area (Å²) in [7, 11) is 0. The van der Waals surface area contributed by atoms with Crippen LogP contribution in [0.2, 0.25) is 0 Å². The van der Waals surface area contributed by atoms with Gasteiger partial charge < -0.3 is 4.98 Å². The molecule has 5 nitrogen and oxygen atoms in total. The monoisotopic (exact) mass is 205 g/mol.